The number of nitrogens with two attached hydrogens (primary N) is 1. The maximum atomic E-state index is 15.3. The zero-order valence-corrected chi connectivity index (χ0v) is 18.2. The van der Waals surface area contributed by atoms with Crippen LogP contribution in [0.3, 0.4) is 0 Å². The maximum Gasteiger partial charge on any atom is 0.412 e. The number of halogens is 4. The molecule has 184 valence electrons. The van der Waals surface area contributed by atoms with Crippen LogP contribution in [0.1, 0.15) is 30.4 Å². The van der Waals surface area contributed by atoms with Crippen molar-refractivity contribution < 1.29 is 31.9 Å². The number of alkyl carbamates (subject to hydrolysis) is 1. The number of methoxy groups -OCH3 is 1. The number of carbonyl (C=O) groups is 2. The van der Waals surface area contributed by atoms with E-state index in [0.717, 1.165) is 31.5 Å². The van der Waals surface area contributed by atoms with Gasteiger partial charge in [-0.3, -0.25) is 20.4 Å². The average Bonchev–Trinajstić information content (AvgIpc) is 2.77. The van der Waals surface area contributed by atoms with Crippen LogP contribution in [0.15, 0.2) is 30.0 Å². The fourth-order valence-corrected chi connectivity index (χ4v) is 3.50. The molecular formula is C21H24F4N6O3. The molecule has 5 N–H and O–H groups in total. The highest BCUT2D eigenvalue weighted by Gasteiger charge is 2.43. The van der Waals surface area contributed by atoms with Crippen LogP contribution < -0.4 is 16.4 Å². The van der Waals surface area contributed by atoms with Gasteiger partial charge in [0, 0.05) is 37.0 Å². The number of amidine groups is 1. The molecule has 13 heteroatoms. The lowest BCUT2D eigenvalue weighted by molar-refractivity contribution is -0.114. The van der Waals surface area contributed by atoms with Crippen molar-refractivity contribution in [1.82, 2.24) is 15.5 Å². The van der Waals surface area contributed by atoms with Gasteiger partial charge in [-0.1, -0.05) is 6.07 Å². The van der Waals surface area contributed by atoms with Crippen molar-refractivity contribution in [3.63, 3.8) is 0 Å². The Kier molecular flexibility index (Phi) is 8.97. The third kappa shape index (κ3) is 6.44. The molecule has 9 nitrogen and oxygen atoms in total. The normalized spacial score (nSPS) is 21.0. The van der Waals surface area contributed by atoms with Gasteiger partial charge >= 0.3 is 6.09 Å². The molecule has 2 amide bonds. The minimum atomic E-state index is -2.78. The summed E-state index contributed by atoms with van der Waals surface area (Å²) >= 11 is 0. The van der Waals surface area contributed by atoms with Gasteiger partial charge in [0.1, 0.15) is 17.8 Å². The molecule has 1 saturated heterocycles. The second kappa shape index (κ2) is 11.5. The molecule has 0 saturated carbocycles. The van der Waals surface area contributed by atoms with E-state index in [1.165, 1.54) is 4.90 Å². The first-order valence-corrected chi connectivity index (χ1v) is 10.0. The Labute approximate surface area is 193 Å². The summed E-state index contributed by atoms with van der Waals surface area (Å²) in [5, 5.41) is 21.7. The first kappa shape index (κ1) is 26.6. The topological polar surface area (TPSA) is 144 Å². The first-order chi connectivity index (χ1) is 16.0. The van der Waals surface area contributed by atoms with Crippen LogP contribution in [0, 0.1) is 22.6 Å². The molecule has 1 fully saturated rings. The number of alkyl halides is 3. The number of nitriles is 1. The van der Waals surface area contributed by atoms with Gasteiger partial charge in [0.2, 0.25) is 0 Å². The number of amides is 2. The molecule has 0 bridgehead atoms. The Morgan fingerprint density at radius 2 is 2.18 bits per heavy atom. The van der Waals surface area contributed by atoms with Crippen LogP contribution in [-0.4, -0.2) is 54.6 Å². The molecule has 1 heterocycles. The van der Waals surface area contributed by atoms with E-state index >= 15 is 4.39 Å². The molecule has 0 aromatic heterocycles. The summed E-state index contributed by atoms with van der Waals surface area (Å²) in [4.78, 5) is 24.5. The summed E-state index contributed by atoms with van der Waals surface area (Å²) in [7, 11) is 1.05. The van der Waals surface area contributed by atoms with Gasteiger partial charge < -0.3 is 15.8 Å². The summed E-state index contributed by atoms with van der Waals surface area (Å²) in [5.41, 5.74) is 2.93. The van der Waals surface area contributed by atoms with Crippen molar-refractivity contribution in [2.45, 2.75) is 37.5 Å². The molecule has 1 aliphatic rings. The number of primary amides is 1. The van der Waals surface area contributed by atoms with Gasteiger partial charge in [0.05, 0.1) is 30.7 Å². The van der Waals surface area contributed by atoms with Crippen LogP contribution in [0.2, 0.25) is 0 Å². The van der Waals surface area contributed by atoms with E-state index in [0.29, 0.717) is 0 Å². The molecule has 1 aromatic rings. The zero-order valence-electron chi connectivity index (χ0n) is 18.2. The summed E-state index contributed by atoms with van der Waals surface area (Å²) in [6, 6.07) is 4.82. The first-order valence-electron chi connectivity index (χ1n) is 10.0. The van der Waals surface area contributed by atoms with Crippen LogP contribution in [0.25, 0.3) is 0 Å². The van der Waals surface area contributed by atoms with Crippen LogP contribution in [0.4, 0.5) is 22.4 Å². The van der Waals surface area contributed by atoms with Gasteiger partial charge in [-0.25, -0.2) is 22.4 Å². The lowest BCUT2D eigenvalue weighted by Gasteiger charge is -2.43. The molecule has 2 atom stereocenters. The van der Waals surface area contributed by atoms with E-state index in [9.17, 15) is 28.0 Å². The Balaban J connectivity index is 2.19. The smallest absolute Gasteiger partial charge is 0.412 e. The predicted octanol–water partition coefficient (Wildman–Crippen LogP) is 2.25. The number of benzene rings is 1. The predicted molar refractivity (Wildman–Crippen MR) is 113 cm³/mol. The van der Waals surface area contributed by atoms with Gasteiger partial charge in [-0.2, -0.15) is 5.26 Å². The standard InChI is InChI=1S/C21H24F4N6O3/c1-34-20(33)30-18(27)14(19(28)32)9-29-21(4-6-26)5-7-31(11-16(21)23)10-13-8-12(17(24)25)2-3-15(13)22/h2-3,8-9,16-17,29H,4-5,7,10-11H2,1H3,(H2,28,32)(H2,27,30,33)/b14-9+. The Bertz CT molecular complexity index is 1010. The molecule has 1 aliphatic heterocycles. The van der Waals surface area contributed by atoms with Crippen molar-refractivity contribution in [3.8, 4) is 6.07 Å². The minimum Gasteiger partial charge on any atom is -0.453 e. The quantitative estimate of drug-likeness (QED) is 0.193. The van der Waals surface area contributed by atoms with E-state index in [2.05, 4.69) is 10.1 Å². The molecule has 0 aliphatic carbocycles. The average molecular weight is 484 g/mol. The fraction of sp³-hybridized carbons (Fsp3) is 0.429. The van der Waals surface area contributed by atoms with Crippen molar-refractivity contribution in [1.29, 1.82) is 10.7 Å². The summed E-state index contributed by atoms with van der Waals surface area (Å²) in [6.07, 6.45) is -4.85. The van der Waals surface area contributed by atoms with E-state index < -0.39 is 47.4 Å². The number of nitrogens with one attached hydrogen (secondary N) is 3. The number of hydrogen-bond acceptors (Lipinski definition) is 7. The second-order valence-electron chi connectivity index (χ2n) is 7.65. The number of nitrogens with zero attached hydrogens (tertiary/aromatic N) is 2. The number of rotatable bonds is 8. The van der Waals surface area contributed by atoms with Crippen molar-refractivity contribution >= 4 is 17.8 Å². The minimum absolute atomic E-state index is 0.0102. The van der Waals surface area contributed by atoms with Gasteiger partial charge in [-0.15, -0.1) is 0 Å². The van der Waals surface area contributed by atoms with Gasteiger partial charge in [0.25, 0.3) is 12.3 Å². The van der Waals surface area contributed by atoms with Crippen molar-refractivity contribution in [2.24, 2.45) is 5.73 Å². The van der Waals surface area contributed by atoms with Gasteiger partial charge in [-0.05, 0) is 18.6 Å². The monoisotopic (exact) mass is 484 g/mol. The largest absolute Gasteiger partial charge is 0.453 e. The van der Waals surface area contributed by atoms with E-state index in [1.807, 2.05) is 11.4 Å². The van der Waals surface area contributed by atoms with Crippen LogP contribution in [-0.2, 0) is 16.1 Å². The highest BCUT2D eigenvalue weighted by atomic mass is 19.3. The van der Waals surface area contributed by atoms with Crippen LogP contribution in [0.5, 0.6) is 0 Å². The Morgan fingerprint density at radius 3 is 2.74 bits per heavy atom. The molecular weight excluding hydrogens is 460 g/mol. The van der Waals surface area contributed by atoms with Gasteiger partial charge in [0.15, 0.2) is 0 Å². The number of carbonyl (C=O) groups excluding carboxylic acids is 2. The Hall–Kier alpha value is -3.66. The second-order valence-corrected chi connectivity index (χ2v) is 7.65. The van der Waals surface area contributed by atoms with E-state index in [-0.39, 0.29) is 43.6 Å². The van der Waals surface area contributed by atoms with E-state index in [1.54, 1.807) is 0 Å². The number of piperidine rings is 1. The van der Waals surface area contributed by atoms with Crippen molar-refractivity contribution in [2.75, 3.05) is 20.2 Å². The zero-order chi connectivity index (χ0) is 25.5. The third-order valence-electron chi connectivity index (χ3n) is 5.45. The molecule has 1 aromatic carbocycles. The summed E-state index contributed by atoms with van der Waals surface area (Å²) in [6.45, 7) is -0.207. The molecule has 2 unspecified atom stereocenters. The molecule has 0 radical (unpaired) electrons. The lowest BCUT2D eigenvalue weighted by atomic mass is 9.83. The van der Waals surface area contributed by atoms with Crippen LogP contribution >= 0.6 is 0 Å². The Morgan fingerprint density at radius 1 is 1.47 bits per heavy atom. The third-order valence-corrected chi connectivity index (χ3v) is 5.45. The fourth-order valence-electron chi connectivity index (χ4n) is 3.50. The lowest BCUT2D eigenvalue weighted by Crippen LogP contribution is -2.60. The summed E-state index contributed by atoms with van der Waals surface area (Å²) < 4.78 is 59.6. The van der Waals surface area contributed by atoms with E-state index in [4.69, 9.17) is 11.1 Å². The van der Waals surface area contributed by atoms with Crippen molar-refractivity contribution in [3.05, 3.63) is 46.9 Å². The summed E-state index contributed by atoms with van der Waals surface area (Å²) in [5.74, 6) is -2.48. The highest BCUT2D eigenvalue weighted by Crippen LogP contribution is 2.30. The highest BCUT2D eigenvalue weighted by molar-refractivity contribution is 6.21. The number of ether oxygens (including phenoxy) is 1. The molecule has 34 heavy (non-hydrogen) atoms. The molecule has 2 rings (SSSR count). The number of likely N-dealkylation sites (tertiary alicyclic amines) is 1. The number of hydrogen-bond donors (Lipinski definition) is 4. The molecule has 0 spiro atoms. The maximum absolute atomic E-state index is 15.3. The SMILES string of the molecule is COC(=O)NC(=N)/C(=C\NC1(CC#N)CCN(Cc2cc(C(F)F)ccc2F)CC1F)C(N)=O.